The number of hydrogen-bond donors (Lipinski definition) is 1. The highest BCUT2D eigenvalue weighted by Gasteiger charge is 2.06. The van der Waals surface area contributed by atoms with E-state index in [2.05, 4.69) is 30.4 Å². The van der Waals surface area contributed by atoms with Crippen LogP contribution in [0.5, 0.6) is 0 Å². The Morgan fingerprint density at radius 2 is 1.79 bits per heavy atom. The van der Waals surface area contributed by atoms with Crippen LogP contribution in [0, 0.1) is 13.8 Å². The highest BCUT2D eigenvalue weighted by atomic mass is 16.1. The van der Waals surface area contributed by atoms with Crippen molar-refractivity contribution in [3.05, 3.63) is 65.2 Å². The average Bonchev–Trinajstić information content (AvgIpc) is 2.42. The number of Topliss-reactive ketones (excluding diaryl/α,β-unsaturated/α-hetero) is 1. The lowest BCUT2D eigenvalue weighted by Gasteiger charge is -2.08. The second-order valence-electron chi connectivity index (χ2n) is 4.86. The van der Waals surface area contributed by atoms with E-state index in [1.54, 1.807) is 0 Å². The van der Waals surface area contributed by atoms with E-state index in [-0.39, 0.29) is 5.78 Å². The first-order valence-electron chi connectivity index (χ1n) is 6.52. The van der Waals surface area contributed by atoms with Crippen LogP contribution in [0.4, 0.5) is 5.69 Å². The van der Waals surface area contributed by atoms with Gasteiger partial charge in [0.05, 0.1) is 6.54 Å². The van der Waals surface area contributed by atoms with E-state index in [0.29, 0.717) is 13.0 Å². The Hall–Kier alpha value is -2.09. The van der Waals surface area contributed by atoms with Gasteiger partial charge >= 0.3 is 0 Å². The van der Waals surface area contributed by atoms with Crippen molar-refractivity contribution in [2.75, 3.05) is 11.9 Å². The molecule has 2 aromatic rings. The Labute approximate surface area is 114 Å². The van der Waals surface area contributed by atoms with E-state index < -0.39 is 0 Å². The van der Waals surface area contributed by atoms with Gasteiger partial charge in [-0.2, -0.15) is 0 Å². The van der Waals surface area contributed by atoms with Gasteiger partial charge in [-0.25, -0.2) is 0 Å². The van der Waals surface area contributed by atoms with E-state index in [1.807, 2.05) is 37.3 Å². The van der Waals surface area contributed by atoms with Crippen LogP contribution in [0.3, 0.4) is 0 Å². The molecule has 0 spiro atoms. The molecule has 0 aliphatic heterocycles. The lowest BCUT2D eigenvalue weighted by Crippen LogP contribution is -2.16. The maximum Gasteiger partial charge on any atom is 0.156 e. The number of aryl methyl sites for hydroxylation is 2. The normalized spacial score (nSPS) is 10.2. The van der Waals surface area contributed by atoms with Gasteiger partial charge in [-0.3, -0.25) is 4.79 Å². The number of hydrogen-bond acceptors (Lipinski definition) is 2. The third-order valence-corrected chi connectivity index (χ3v) is 3.16. The minimum absolute atomic E-state index is 0.206. The van der Waals surface area contributed by atoms with Gasteiger partial charge in [0.2, 0.25) is 0 Å². The number of anilines is 1. The Kier molecular flexibility index (Phi) is 4.35. The zero-order chi connectivity index (χ0) is 13.7. The summed E-state index contributed by atoms with van der Waals surface area (Å²) in [6.07, 6.45) is 0.493. The molecule has 0 aliphatic carbocycles. The maximum atomic E-state index is 12.0. The number of para-hydroxylation sites is 1. The molecule has 2 heteroatoms. The molecule has 2 aromatic carbocycles. The first-order chi connectivity index (χ1) is 9.15. The van der Waals surface area contributed by atoms with Crippen molar-refractivity contribution in [1.29, 1.82) is 0 Å². The number of ketones is 1. The number of carbonyl (C=O) groups is 1. The Balaban J connectivity index is 1.93. The van der Waals surface area contributed by atoms with E-state index in [1.165, 1.54) is 11.1 Å². The summed E-state index contributed by atoms with van der Waals surface area (Å²) in [5.74, 6) is 0.206. The molecule has 98 valence electrons. The molecule has 0 radical (unpaired) electrons. The monoisotopic (exact) mass is 253 g/mol. The highest BCUT2D eigenvalue weighted by Crippen LogP contribution is 2.12. The quantitative estimate of drug-likeness (QED) is 0.883. The second-order valence-corrected chi connectivity index (χ2v) is 4.86. The van der Waals surface area contributed by atoms with Crippen molar-refractivity contribution in [2.24, 2.45) is 0 Å². The summed E-state index contributed by atoms with van der Waals surface area (Å²) < 4.78 is 0. The van der Waals surface area contributed by atoms with Crippen molar-refractivity contribution in [1.82, 2.24) is 0 Å². The van der Waals surface area contributed by atoms with Crippen molar-refractivity contribution in [3.63, 3.8) is 0 Å². The topological polar surface area (TPSA) is 29.1 Å². The molecule has 0 saturated carbocycles. The Morgan fingerprint density at radius 3 is 2.53 bits per heavy atom. The summed E-state index contributed by atoms with van der Waals surface area (Å²) in [5, 5.41) is 3.15. The summed E-state index contributed by atoms with van der Waals surface area (Å²) in [7, 11) is 0. The van der Waals surface area contributed by atoms with Gasteiger partial charge < -0.3 is 5.32 Å². The first-order valence-corrected chi connectivity index (χ1v) is 6.52. The predicted molar refractivity (Wildman–Crippen MR) is 79.6 cm³/mol. The SMILES string of the molecule is Cc1ccc(C)c(CC(=O)CNc2ccccc2)c1. The fourth-order valence-corrected chi connectivity index (χ4v) is 2.02. The molecule has 2 nitrogen and oxygen atoms in total. The third-order valence-electron chi connectivity index (χ3n) is 3.16. The lowest BCUT2D eigenvalue weighted by atomic mass is 10.0. The predicted octanol–water partition coefficient (Wildman–Crippen LogP) is 3.53. The number of carbonyl (C=O) groups excluding carboxylic acids is 1. The smallest absolute Gasteiger partial charge is 0.156 e. The number of benzene rings is 2. The van der Waals surface area contributed by atoms with Gasteiger partial charge in [-0.15, -0.1) is 0 Å². The van der Waals surface area contributed by atoms with Gasteiger partial charge in [-0.1, -0.05) is 42.0 Å². The highest BCUT2D eigenvalue weighted by molar-refractivity contribution is 5.85. The molecule has 0 fully saturated rings. The average molecular weight is 253 g/mol. The van der Waals surface area contributed by atoms with E-state index in [0.717, 1.165) is 11.3 Å². The standard InChI is InChI=1S/C17H19NO/c1-13-8-9-14(2)15(10-13)11-17(19)12-18-16-6-4-3-5-7-16/h3-10,18H,11-12H2,1-2H3. The Bertz CT molecular complexity index is 561. The molecular weight excluding hydrogens is 234 g/mol. The number of nitrogens with one attached hydrogen (secondary N) is 1. The summed E-state index contributed by atoms with van der Waals surface area (Å²) in [5.41, 5.74) is 4.49. The summed E-state index contributed by atoms with van der Waals surface area (Å²) in [4.78, 5) is 12.0. The van der Waals surface area contributed by atoms with Gasteiger partial charge in [-0.05, 0) is 37.1 Å². The van der Waals surface area contributed by atoms with Crippen molar-refractivity contribution < 1.29 is 4.79 Å². The van der Waals surface area contributed by atoms with Crippen LogP contribution < -0.4 is 5.32 Å². The molecule has 19 heavy (non-hydrogen) atoms. The van der Waals surface area contributed by atoms with Crippen molar-refractivity contribution >= 4 is 11.5 Å². The zero-order valence-electron chi connectivity index (χ0n) is 11.4. The second kappa shape index (κ2) is 6.19. The minimum atomic E-state index is 0.206. The summed E-state index contributed by atoms with van der Waals surface area (Å²) >= 11 is 0. The first kappa shape index (κ1) is 13.3. The van der Waals surface area contributed by atoms with Crippen LogP contribution in [-0.2, 0) is 11.2 Å². The van der Waals surface area contributed by atoms with E-state index in [4.69, 9.17) is 0 Å². The zero-order valence-corrected chi connectivity index (χ0v) is 11.4. The van der Waals surface area contributed by atoms with Crippen LogP contribution in [0.25, 0.3) is 0 Å². The van der Waals surface area contributed by atoms with Gasteiger partial charge in [0.25, 0.3) is 0 Å². The molecule has 0 atom stereocenters. The lowest BCUT2D eigenvalue weighted by molar-refractivity contribution is -0.116. The molecule has 0 aromatic heterocycles. The van der Waals surface area contributed by atoms with Gasteiger partial charge in [0.1, 0.15) is 0 Å². The van der Waals surface area contributed by atoms with Crippen LogP contribution in [0.1, 0.15) is 16.7 Å². The molecule has 0 saturated heterocycles. The molecule has 2 rings (SSSR count). The minimum Gasteiger partial charge on any atom is -0.378 e. The van der Waals surface area contributed by atoms with Crippen LogP contribution in [0.15, 0.2) is 48.5 Å². The summed E-state index contributed by atoms with van der Waals surface area (Å²) in [6.45, 7) is 4.47. The summed E-state index contributed by atoms with van der Waals surface area (Å²) in [6, 6.07) is 16.0. The van der Waals surface area contributed by atoms with E-state index in [9.17, 15) is 4.79 Å². The molecule has 0 unspecified atom stereocenters. The van der Waals surface area contributed by atoms with Crippen molar-refractivity contribution in [3.8, 4) is 0 Å². The van der Waals surface area contributed by atoms with Crippen molar-refractivity contribution in [2.45, 2.75) is 20.3 Å². The van der Waals surface area contributed by atoms with Gasteiger partial charge in [0, 0.05) is 12.1 Å². The molecule has 0 amide bonds. The molecule has 0 heterocycles. The fraction of sp³-hybridized carbons (Fsp3) is 0.235. The molecular formula is C17H19NO. The molecule has 1 N–H and O–H groups in total. The fourth-order valence-electron chi connectivity index (χ4n) is 2.02. The van der Waals surface area contributed by atoms with Crippen LogP contribution >= 0.6 is 0 Å². The van der Waals surface area contributed by atoms with Crippen LogP contribution in [0.2, 0.25) is 0 Å². The number of rotatable bonds is 5. The Morgan fingerprint density at radius 1 is 1.05 bits per heavy atom. The van der Waals surface area contributed by atoms with Gasteiger partial charge in [0.15, 0.2) is 5.78 Å². The van der Waals surface area contributed by atoms with E-state index >= 15 is 0 Å². The molecule has 0 aliphatic rings. The maximum absolute atomic E-state index is 12.0. The largest absolute Gasteiger partial charge is 0.378 e. The molecule has 0 bridgehead atoms. The third kappa shape index (κ3) is 3.95. The van der Waals surface area contributed by atoms with Crippen LogP contribution in [-0.4, -0.2) is 12.3 Å².